The summed E-state index contributed by atoms with van der Waals surface area (Å²) in [4.78, 5) is 4.78. The predicted molar refractivity (Wildman–Crippen MR) is 160 cm³/mol. The first-order chi connectivity index (χ1) is 18.8. The molecule has 4 nitrogen and oxygen atoms in total. The Morgan fingerprint density at radius 2 is 0.821 bits per heavy atom. The van der Waals surface area contributed by atoms with Gasteiger partial charge >= 0.3 is 0 Å². The molecule has 5 rings (SSSR count). The fraction of sp³-hybridized carbons (Fsp3) is 0.294. The van der Waals surface area contributed by atoms with E-state index < -0.39 is 9.84 Å². The highest BCUT2D eigenvalue weighted by Crippen LogP contribution is 2.29. The third-order valence-corrected chi connectivity index (χ3v) is 9.40. The zero-order valence-corrected chi connectivity index (χ0v) is 23.7. The SMILES string of the molecule is Cc1ccc(CN(Cc2ccccc2)[C@@H]2CS(=O)(=O)C[C@@H]2N(Cc2ccccc2)Cc2ccc(C)cc2)cc1. The number of nitrogens with zero attached hydrogens (tertiary/aromatic N) is 2. The highest BCUT2D eigenvalue weighted by Gasteiger charge is 2.44. The molecular formula is C34H38N2O2S. The van der Waals surface area contributed by atoms with E-state index in [9.17, 15) is 8.42 Å². The van der Waals surface area contributed by atoms with Crippen molar-refractivity contribution in [3.8, 4) is 0 Å². The first kappa shape index (κ1) is 27.3. The second-order valence-electron chi connectivity index (χ2n) is 11.0. The maximum absolute atomic E-state index is 13.3. The molecule has 0 saturated carbocycles. The quantitative estimate of drug-likeness (QED) is 0.242. The fourth-order valence-electron chi connectivity index (χ4n) is 5.58. The Morgan fingerprint density at radius 1 is 0.513 bits per heavy atom. The van der Waals surface area contributed by atoms with Crippen LogP contribution in [0.2, 0.25) is 0 Å². The van der Waals surface area contributed by atoms with Gasteiger partial charge in [0, 0.05) is 38.3 Å². The van der Waals surface area contributed by atoms with Crippen LogP contribution in [0.3, 0.4) is 0 Å². The van der Waals surface area contributed by atoms with E-state index in [-0.39, 0.29) is 23.6 Å². The first-order valence-electron chi connectivity index (χ1n) is 13.7. The highest BCUT2D eigenvalue weighted by molar-refractivity contribution is 7.91. The summed E-state index contributed by atoms with van der Waals surface area (Å²) < 4.78 is 26.6. The normalized spacial score (nSPS) is 18.6. The molecule has 0 N–H and O–H groups in total. The summed E-state index contributed by atoms with van der Waals surface area (Å²) in [5, 5.41) is 0. The third kappa shape index (κ3) is 7.45. The summed E-state index contributed by atoms with van der Waals surface area (Å²) in [5.41, 5.74) is 7.24. The van der Waals surface area contributed by atoms with Gasteiger partial charge < -0.3 is 0 Å². The molecule has 0 bridgehead atoms. The van der Waals surface area contributed by atoms with Crippen LogP contribution in [-0.4, -0.2) is 41.8 Å². The fourth-order valence-corrected chi connectivity index (χ4v) is 7.62. The lowest BCUT2D eigenvalue weighted by molar-refractivity contribution is 0.0863. The molecule has 1 heterocycles. The lowest BCUT2D eigenvalue weighted by atomic mass is 10.0. The largest absolute Gasteiger partial charge is 0.289 e. The molecule has 4 aromatic carbocycles. The van der Waals surface area contributed by atoms with Crippen LogP contribution >= 0.6 is 0 Å². The second-order valence-corrected chi connectivity index (χ2v) is 13.1. The van der Waals surface area contributed by atoms with E-state index in [1.807, 2.05) is 12.1 Å². The van der Waals surface area contributed by atoms with Crippen molar-refractivity contribution >= 4 is 9.84 Å². The van der Waals surface area contributed by atoms with Gasteiger partial charge in [-0.1, -0.05) is 120 Å². The van der Waals surface area contributed by atoms with Gasteiger partial charge in [-0.15, -0.1) is 0 Å². The van der Waals surface area contributed by atoms with E-state index >= 15 is 0 Å². The van der Waals surface area contributed by atoms with Crippen LogP contribution in [0, 0.1) is 13.8 Å². The predicted octanol–water partition coefficient (Wildman–Crippen LogP) is 6.17. The standard InChI is InChI=1S/C34H38N2O2S/c1-27-13-17-31(18-14-27)23-35(21-29-9-5-3-6-10-29)33-25-39(37,38)26-34(33)36(22-30-11-7-4-8-12-30)24-32-19-15-28(2)16-20-32/h3-20,33-34H,21-26H2,1-2H3/t33-,34+. The lowest BCUT2D eigenvalue weighted by Crippen LogP contribution is -2.50. The summed E-state index contributed by atoms with van der Waals surface area (Å²) in [7, 11) is -3.20. The van der Waals surface area contributed by atoms with E-state index in [1.54, 1.807) is 0 Å². The van der Waals surface area contributed by atoms with Crippen LogP contribution in [0.15, 0.2) is 109 Å². The summed E-state index contributed by atoms with van der Waals surface area (Å²) in [5.74, 6) is 0.352. The molecule has 0 spiro atoms. The smallest absolute Gasteiger partial charge is 0.153 e. The molecule has 0 aromatic heterocycles. The summed E-state index contributed by atoms with van der Waals surface area (Å²) in [6, 6.07) is 37.8. The van der Waals surface area contributed by atoms with Gasteiger partial charge in [-0.05, 0) is 36.1 Å². The van der Waals surface area contributed by atoms with Crippen LogP contribution in [0.25, 0.3) is 0 Å². The van der Waals surface area contributed by atoms with Gasteiger partial charge in [0.2, 0.25) is 0 Å². The van der Waals surface area contributed by atoms with Crippen LogP contribution in [-0.2, 0) is 36.0 Å². The van der Waals surface area contributed by atoms with Crippen LogP contribution in [0.1, 0.15) is 33.4 Å². The van der Waals surface area contributed by atoms with Crippen molar-refractivity contribution in [2.45, 2.75) is 52.1 Å². The van der Waals surface area contributed by atoms with E-state index in [1.165, 1.54) is 33.4 Å². The molecule has 1 aliphatic heterocycles. The minimum absolute atomic E-state index is 0.120. The molecule has 0 amide bonds. The average molecular weight is 539 g/mol. The third-order valence-electron chi connectivity index (χ3n) is 7.70. The molecule has 0 aliphatic carbocycles. The van der Waals surface area contributed by atoms with Crippen molar-refractivity contribution in [1.29, 1.82) is 0 Å². The van der Waals surface area contributed by atoms with Crippen LogP contribution in [0.5, 0.6) is 0 Å². The molecule has 2 atom stereocenters. The van der Waals surface area contributed by atoms with E-state index in [0.29, 0.717) is 26.2 Å². The molecule has 0 radical (unpaired) electrons. The molecular weight excluding hydrogens is 500 g/mol. The zero-order chi connectivity index (χ0) is 27.2. The Balaban J connectivity index is 1.51. The van der Waals surface area contributed by atoms with Gasteiger partial charge in [-0.3, -0.25) is 9.80 Å². The van der Waals surface area contributed by atoms with Gasteiger partial charge in [0.25, 0.3) is 0 Å². The number of aryl methyl sites for hydroxylation is 2. The molecule has 4 aromatic rings. The number of benzene rings is 4. The Bertz CT molecular complexity index is 1330. The minimum atomic E-state index is -3.20. The van der Waals surface area contributed by atoms with Crippen LogP contribution in [0.4, 0.5) is 0 Å². The topological polar surface area (TPSA) is 40.6 Å². The maximum atomic E-state index is 13.3. The number of hydrogen-bond donors (Lipinski definition) is 0. The minimum Gasteiger partial charge on any atom is -0.289 e. The number of rotatable bonds is 10. The molecule has 1 saturated heterocycles. The monoisotopic (exact) mass is 538 g/mol. The van der Waals surface area contributed by atoms with Crippen molar-refractivity contribution in [2.24, 2.45) is 0 Å². The summed E-state index contributed by atoms with van der Waals surface area (Å²) in [6.45, 7) is 7.00. The van der Waals surface area contributed by atoms with Gasteiger partial charge in [0.1, 0.15) is 0 Å². The van der Waals surface area contributed by atoms with Gasteiger partial charge in [-0.25, -0.2) is 8.42 Å². The Kier molecular flexibility index (Phi) is 8.61. The van der Waals surface area contributed by atoms with Crippen LogP contribution < -0.4 is 0 Å². The van der Waals surface area contributed by atoms with Crippen molar-refractivity contribution in [1.82, 2.24) is 9.80 Å². The van der Waals surface area contributed by atoms with Gasteiger partial charge in [0.15, 0.2) is 9.84 Å². The molecule has 1 fully saturated rings. The van der Waals surface area contributed by atoms with Gasteiger partial charge in [0.05, 0.1) is 11.5 Å². The van der Waals surface area contributed by atoms with Crippen molar-refractivity contribution in [2.75, 3.05) is 11.5 Å². The van der Waals surface area contributed by atoms with Crippen molar-refractivity contribution in [3.05, 3.63) is 143 Å². The molecule has 1 aliphatic rings. The molecule has 5 heteroatoms. The van der Waals surface area contributed by atoms with Gasteiger partial charge in [-0.2, -0.15) is 0 Å². The maximum Gasteiger partial charge on any atom is 0.153 e. The number of sulfone groups is 1. The Morgan fingerprint density at radius 3 is 1.15 bits per heavy atom. The van der Waals surface area contributed by atoms with Crippen molar-refractivity contribution in [3.63, 3.8) is 0 Å². The Labute approximate surface area is 233 Å². The molecule has 39 heavy (non-hydrogen) atoms. The zero-order valence-electron chi connectivity index (χ0n) is 22.9. The second kappa shape index (κ2) is 12.3. The van der Waals surface area contributed by atoms with E-state index in [2.05, 4.69) is 121 Å². The average Bonchev–Trinajstić information content (AvgIpc) is 3.27. The van der Waals surface area contributed by atoms with Crippen molar-refractivity contribution < 1.29 is 8.42 Å². The van der Waals surface area contributed by atoms with E-state index in [0.717, 1.165) is 0 Å². The molecule has 202 valence electrons. The highest BCUT2D eigenvalue weighted by atomic mass is 32.2. The lowest BCUT2D eigenvalue weighted by Gasteiger charge is -2.38. The number of hydrogen-bond acceptors (Lipinski definition) is 4. The molecule has 0 unspecified atom stereocenters. The van der Waals surface area contributed by atoms with E-state index in [4.69, 9.17) is 0 Å². The summed E-state index contributed by atoms with van der Waals surface area (Å²) in [6.07, 6.45) is 0. The first-order valence-corrected chi connectivity index (χ1v) is 15.5. The summed E-state index contributed by atoms with van der Waals surface area (Å²) >= 11 is 0. The Hall–Kier alpha value is -3.25.